The standard InChI is InChI=1S/C11H12ClNO2/c12-8-4-2-1-3-7(8)11(13)6-5-9(14)10(11)15/h1-4,9,14H,5-6,13H2. The van der Waals surface area contributed by atoms with Crippen molar-refractivity contribution in [3.05, 3.63) is 34.9 Å². The van der Waals surface area contributed by atoms with E-state index in [9.17, 15) is 9.90 Å². The molecule has 1 aliphatic rings. The van der Waals surface area contributed by atoms with E-state index in [0.717, 1.165) is 0 Å². The van der Waals surface area contributed by atoms with Gasteiger partial charge in [0.1, 0.15) is 11.6 Å². The second kappa shape index (κ2) is 3.59. The minimum absolute atomic E-state index is 0.337. The molecule has 0 aliphatic heterocycles. The molecule has 1 aliphatic carbocycles. The van der Waals surface area contributed by atoms with Gasteiger partial charge in [0.2, 0.25) is 0 Å². The van der Waals surface area contributed by atoms with Gasteiger partial charge in [-0.25, -0.2) is 0 Å². The monoisotopic (exact) mass is 225 g/mol. The normalized spacial score (nSPS) is 30.9. The van der Waals surface area contributed by atoms with Crippen LogP contribution in [0.15, 0.2) is 24.3 Å². The van der Waals surface area contributed by atoms with Crippen molar-refractivity contribution in [2.24, 2.45) is 5.73 Å². The molecule has 4 heteroatoms. The lowest BCUT2D eigenvalue weighted by Gasteiger charge is -2.23. The van der Waals surface area contributed by atoms with Gasteiger partial charge < -0.3 is 10.8 Å². The van der Waals surface area contributed by atoms with Crippen LogP contribution in [0.3, 0.4) is 0 Å². The van der Waals surface area contributed by atoms with Gasteiger partial charge in [-0.05, 0) is 24.5 Å². The molecule has 0 bridgehead atoms. The van der Waals surface area contributed by atoms with Crippen LogP contribution in [0.5, 0.6) is 0 Å². The number of nitrogens with two attached hydrogens (primary N) is 1. The first kappa shape index (κ1) is 10.6. The number of carbonyl (C=O) groups is 1. The zero-order valence-corrected chi connectivity index (χ0v) is 8.87. The minimum Gasteiger partial charge on any atom is -0.385 e. The second-order valence-corrected chi connectivity index (χ2v) is 4.28. The van der Waals surface area contributed by atoms with Gasteiger partial charge in [-0.15, -0.1) is 0 Å². The lowest BCUT2D eigenvalue weighted by atomic mass is 9.88. The Morgan fingerprint density at radius 3 is 2.67 bits per heavy atom. The van der Waals surface area contributed by atoms with Crippen LogP contribution >= 0.6 is 11.6 Å². The Labute approximate surface area is 92.8 Å². The molecule has 3 N–H and O–H groups in total. The fraction of sp³-hybridized carbons (Fsp3) is 0.364. The number of rotatable bonds is 1. The topological polar surface area (TPSA) is 63.3 Å². The van der Waals surface area contributed by atoms with Crippen molar-refractivity contribution in [3.8, 4) is 0 Å². The van der Waals surface area contributed by atoms with Gasteiger partial charge in [0.15, 0.2) is 5.78 Å². The van der Waals surface area contributed by atoms with Gasteiger partial charge in [0, 0.05) is 5.02 Å². The van der Waals surface area contributed by atoms with Crippen LogP contribution in [0.25, 0.3) is 0 Å². The second-order valence-electron chi connectivity index (χ2n) is 3.87. The molecular formula is C11H12ClNO2. The highest BCUT2D eigenvalue weighted by Crippen LogP contribution is 2.36. The van der Waals surface area contributed by atoms with Gasteiger partial charge in [-0.1, -0.05) is 29.8 Å². The molecule has 2 rings (SSSR count). The molecule has 0 saturated heterocycles. The van der Waals surface area contributed by atoms with E-state index in [-0.39, 0.29) is 5.78 Å². The van der Waals surface area contributed by atoms with Crippen molar-refractivity contribution in [2.75, 3.05) is 0 Å². The smallest absolute Gasteiger partial charge is 0.185 e. The Balaban J connectivity index is 2.47. The van der Waals surface area contributed by atoms with Gasteiger partial charge in [0.25, 0.3) is 0 Å². The van der Waals surface area contributed by atoms with Crippen LogP contribution in [0.4, 0.5) is 0 Å². The van der Waals surface area contributed by atoms with Crippen LogP contribution in [-0.2, 0) is 10.3 Å². The van der Waals surface area contributed by atoms with Crippen LogP contribution in [0, 0.1) is 0 Å². The van der Waals surface area contributed by atoms with Crippen molar-refractivity contribution < 1.29 is 9.90 Å². The highest BCUT2D eigenvalue weighted by molar-refractivity contribution is 6.31. The summed E-state index contributed by atoms with van der Waals surface area (Å²) in [6.07, 6.45) is -0.108. The van der Waals surface area contributed by atoms with E-state index in [1.165, 1.54) is 0 Å². The number of carbonyl (C=O) groups excluding carboxylic acids is 1. The lowest BCUT2D eigenvalue weighted by Crippen LogP contribution is -2.43. The molecule has 15 heavy (non-hydrogen) atoms. The molecule has 0 radical (unpaired) electrons. The van der Waals surface area contributed by atoms with Gasteiger partial charge >= 0.3 is 0 Å². The van der Waals surface area contributed by atoms with E-state index < -0.39 is 11.6 Å². The predicted octanol–water partition coefficient (Wildman–Crippen LogP) is 1.22. The summed E-state index contributed by atoms with van der Waals surface area (Å²) in [4.78, 5) is 11.7. The number of aliphatic hydroxyl groups excluding tert-OH is 1. The predicted molar refractivity (Wildman–Crippen MR) is 57.6 cm³/mol. The summed E-state index contributed by atoms with van der Waals surface area (Å²) in [5.41, 5.74) is 5.51. The Morgan fingerprint density at radius 2 is 2.13 bits per heavy atom. The number of benzene rings is 1. The molecule has 3 nitrogen and oxygen atoms in total. The van der Waals surface area contributed by atoms with Gasteiger partial charge in [-0.3, -0.25) is 4.79 Å². The zero-order chi connectivity index (χ0) is 11.1. The molecule has 0 heterocycles. The van der Waals surface area contributed by atoms with Gasteiger partial charge in [-0.2, -0.15) is 0 Å². The maximum Gasteiger partial charge on any atom is 0.185 e. The lowest BCUT2D eigenvalue weighted by molar-refractivity contribution is -0.128. The molecule has 1 saturated carbocycles. The average Bonchev–Trinajstić information content (AvgIpc) is 2.48. The van der Waals surface area contributed by atoms with E-state index in [1.807, 2.05) is 0 Å². The highest BCUT2D eigenvalue weighted by atomic mass is 35.5. The molecule has 0 amide bonds. The summed E-state index contributed by atoms with van der Waals surface area (Å²) in [5.74, 6) is -0.337. The molecule has 0 spiro atoms. The molecule has 0 aromatic heterocycles. The minimum atomic E-state index is -1.11. The molecule has 2 unspecified atom stereocenters. The van der Waals surface area contributed by atoms with Crippen molar-refractivity contribution >= 4 is 17.4 Å². The Morgan fingerprint density at radius 1 is 1.47 bits per heavy atom. The molecule has 80 valence electrons. The summed E-state index contributed by atoms with van der Waals surface area (Å²) in [7, 11) is 0. The maximum absolute atomic E-state index is 11.7. The first-order chi connectivity index (χ1) is 7.05. The largest absolute Gasteiger partial charge is 0.385 e. The zero-order valence-electron chi connectivity index (χ0n) is 8.11. The third-order valence-corrected chi connectivity index (χ3v) is 3.24. The fourth-order valence-electron chi connectivity index (χ4n) is 2.01. The molecule has 1 aromatic carbocycles. The van der Waals surface area contributed by atoms with Crippen molar-refractivity contribution in [1.29, 1.82) is 0 Å². The molecule has 1 aromatic rings. The molecular weight excluding hydrogens is 214 g/mol. The van der Waals surface area contributed by atoms with E-state index in [4.69, 9.17) is 17.3 Å². The van der Waals surface area contributed by atoms with E-state index in [1.54, 1.807) is 24.3 Å². The van der Waals surface area contributed by atoms with Crippen LogP contribution in [-0.4, -0.2) is 17.0 Å². The fourth-order valence-corrected chi connectivity index (χ4v) is 2.31. The summed E-state index contributed by atoms with van der Waals surface area (Å²) in [5, 5.41) is 9.89. The third-order valence-electron chi connectivity index (χ3n) is 2.91. The summed E-state index contributed by atoms with van der Waals surface area (Å²) >= 11 is 5.99. The van der Waals surface area contributed by atoms with Crippen molar-refractivity contribution in [3.63, 3.8) is 0 Å². The number of hydrogen-bond acceptors (Lipinski definition) is 3. The van der Waals surface area contributed by atoms with Crippen LogP contribution < -0.4 is 5.73 Å². The number of halogens is 1. The SMILES string of the molecule is NC1(c2ccccc2Cl)CCC(O)C1=O. The first-order valence-electron chi connectivity index (χ1n) is 4.82. The van der Waals surface area contributed by atoms with Crippen molar-refractivity contribution in [1.82, 2.24) is 0 Å². The van der Waals surface area contributed by atoms with E-state index in [0.29, 0.717) is 23.4 Å². The maximum atomic E-state index is 11.7. The van der Waals surface area contributed by atoms with E-state index in [2.05, 4.69) is 0 Å². The number of aliphatic hydroxyl groups is 1. The van der Waals surface area contributed by atoms with Gasteiger partial charge in [0.05, 0.1) is 0 Å². The third kappa shape index (κ3) is 1.57. The number of ketones is 1. The average molecular weight is 226 g/mol. The van der Waals surface area contributed by atoms with Crippen LogP contribution in [0.2, 0.25) is 5.02 Å². The summed E-state index contributed by atoms with van der Waals surface area (Å²) < 4.78 is 0. The molecule has 2 atom stereocenters. The summed E-state index contributed by atoms with van der Waals surface area (Å²) in [6.45, 7) is 0. The Hall–Kier alpha value is -0.900. The number of hydrogen-bond donors (Lipinski definition) is 2. The van der Waals surface area contributed by atoms with E-state index >= 15 is 0 Å². The highest BCUT2D eigenvalue weighted by Gasteiger charge is 2.46. The van der Waals surface area contributed by atoms with Crippen molar-refractivity contribution in [2.45, 2.75) is 24.5 Å². The summed E-state index contributed by atoms with van der Waals surface area (Å²) in [6, 6.07) is 7.00. The molecule has 1 fully saturated rings. The Kier molecular flexibility index (Phi) is 2.54. The quantitative estimate of drug-likeness (QED) is 0.756. The first-order valence-corrected chi connectivity index (χ1v) is 5.20. The number of Topliss-reactive ketones (excluding diaryl/α,β-unsaturated/α-hetero) is 1. The van der Waals surface area contributed by atoms with Crippen LogP contribution in [0.1, 0.15) is 18.4 Å². The Bertz CT molecular complexity index is 407.